The molecule has 7 heteroatoms. The summed E-state index contributed by atoms with van der Waals surface area (Å²) < 4.78 is 5.05. The Morgan fingerprint density at radius 3 is 2.60 bits per heavy atom. The Kier molecular flexibility index (Phi) is 4.57. The number of hydrogen-bond acceptors (Lipinski definition) is 6. The first-order valence-electron chi connectivity index (χ1n) is 6.19. The van der Waals surface area contributed by atoms with E-state index in [9.17, 15) is 0 Å². The van der Waals surface area contributed by atoms with Crippen LogP contribution in [-0.2, 0) is 0 Å². The smallest absolute Gasteiger partial charge is 0.322 e. The zero-order valence-electron chi connectivity index (χ0n) is 11.6. The fourth-order valence-corrected chi connectivity index (χ4v) is 1.87. The summed E-state index contributed by atoms with van der Waals surface area (Å²) in [6.07, 6.45) is 0. The monoisotopic (exact) mass is 293 g/mol. The molecule has 0 saturated heterocycles. The molecule has 6 nitrogen and oxygen atoms in total. The van der Waals surface area contributed by atoms with Gasteiger partial charge in [-0.2, -0.15) is 15.0 Å². The minimum Gasteiger partial charge on any atom is -0.467 e. The van der Waals surface area contributed by atoms with Crippen LogP contribution in [0, 0.1) is 6.92 Å². The number of hydrogen-bond donors (Lipinski definition) is 2. The fourth-order valence-electron chi connectivity index (χ4n) is 1.58. The number of aryl methyl sites for hydroxylation is 1. The van der Waals surface area contributed by atoms with Crippen molar-refractivity contribution in [1.82, 2.24) is 15.0 Å². The first-order valence-corrected chi connectivity index (χ1v) is 6.57. The van der Waals surface area contributed by atoms with Crippen LogP contribution in [0.4, 0.5) is 17.6 Å². The molecule has 2 rings (SSSR count). The van der Waals surface area contributed by atoms with E-state index >= 15 is 0 Å². The predicted octanol–water partition coefficient (Wildman–Crippen LogP) is 3.02. The van der Waals surface area contributed by atoms with E-state index in [1.807, 2.05) is 32.0 Å². The highest BCUT2D eigenvalue weighted by molar-refractivity contribution is 6.33. The molecule has 1 heterocycles. The molecule has 0 fully saturated rings. The Morgan fingerprint density at radius 2 is 1.95 bits per heavy atom. The van der Waals surface area contributed by atoms with Crippen molar-refractivity contribution in [3.63, 3.8) is 0 Å². The number of benzene rings is 1. The minimum absolute atomic E-state index is 0.238. The molecule has 0 aliphatic heterocycles. The second kappa shape index (κ2) is 6.38. The zero-order valence-corrected chi connectivity index (χ0v) is 12.3. The molecule has 1 aromatic carbocycles. The number of nitrogens with zero attached hydrogens (tertiary/aromatic N) is 3. The van der Waals surface area contributed by atoms with Crippen molar-refractivity contribution >= 4 is 29.2 Å². The first kappa shape index (κ1) is 14.3. The van der Waals surface area contributed by atoms with Gasteiger partial charge in [0, 0.05) is 6.54 Å². The Bertz CT molecular complexity index is 605. The van der Waals surface area contributed by atoms with Gasteiger partial charge < -0.3 is 15.4 Å². The van der Waals surface area contributed by atoms with E-state index in [0.29, 0.717) is 23.5 Å². The molecule has 1 aromatic heterocycles. The van der Waals surface area contributed by atoms with Gasteiger partial charge in [0.05, 0.1) is 17.8 Å². The second-order valence-electron chi connectivity index (χ2n) is 4.11. The Hall–Kier alpha value is -2.08. The molecule has 0 amide bonds. The van der Waals surface area contributed by atoms with E-state index in [0.717, 1.165) is 11.3 Å². The second-order valence-corrected chi connectivity index (χ2v) is 4.52. The van der Waals surface area contributed by atoms with Crippen molar-refractivity contribution < 1.29 is 4.74 Å². The molecule has 0 aliphatic carbocycles. The number of aromatic nitrogens is 3. The molecule has 0 spiro atoms. The van der Waals surface area contributed by atoms with E-state index in [-0.39, 0.29) is 6.01 Å². The van der Waals surface area contributed by atoms with Gasteiger partial charge in [0.15, 0.2) is 0 Å². The third-order valence-electron chi connectivity index (χ3n) is 2.50. The van der Waals surface area contributed by atoms with Crippen LogP contribution in [0.2, 0.25) is 5.02 Å². The third-order valence-corrected chi connectivity index (χ3v) is 2.82. The number of ether oxygens (including phenoxy) is 1. The van der Waals surface area contributed by atoms with E-state index in [2.05, 4.69) is 25.6 Å². The quantitative estimate of drug-likeness (QED) is 0.883. The molecule has 0 saturated carbocycles. The van der Waals surface area contributed by atoms with Crippen LogP contribution in [0.25, 0.3) is 0 Å². The molecule has 0 atom stereocenters. The van der Waals surface area contributed by atoms with Crippen LogP contribution < -0.4 is 15.4 Å². The molecule has 20 heavy (non-hydrogen) atoms. The lowest BCUT2D eigenvalue weighted by Gasteiger charge is -2.10. The van der Waals surface area contributed by atoms with E-state index in [1.54, 1.807) is 0 Å². The summed E-state index contributed by atoms with van der Waals surface area (Å²) in [5.74, 6) is 0.823. The normalized spacial score (nSPS) is 10.2. The molecule has 0 aliphatic rings. The Balaban J connectivity index is 2.29. The topological polar surface area (TPSA) is 72.0 Å². The SMILES string of the molecule is CCNc1nc(Nc2ccc(C)cc2Cl)nc(OC)n1. The maximum Gasteiger partial charge on any atom is 0.322 e. The summed E-state index contributed by atoms with van der Waals surface area (Å²) in [6, 6.07) is 5.94. The van der Waals surface area contributed by atoms with Crippen LogP contribution in [0.3, 0.4) is 0 Å². The highest BCUT2D eigenvalue weighted by Gasteiger charge is 2.08. The van der Waals surface area contributed by atoms with Crippen LogP contribution in [0.1, 0.15) is 12.5 Å². The van der Waals surface area contributed by atoms with Gasteiger partial charge >= 0.3 is 6.01 Å². The average molecular weight is 294 g/mol. The minimum atomic E-state index is 0.238. The van der Waals surface area contributed by atoms with Gasteiger partial charge in [-0.1, -0.05) is 17.7 Å². The van der Waals surface area contributed by atoms with E-state index in [1.165, 1.54) is 7.11 Å². The van der Waals surface area contributed by atoms with Gasteiger partial charge in [0.2, 0.25) is 11.9 Å². The van der Waals surface area contributed by atoms with Crippen molar-refractivity contribution in [2.24, 2.45) is 0 Å². The van der Waals surface area contributed by atoms with Gasteiger partial charge in [-0.05, 0) is 31.5 Å². The standard InChI is InChI=1S/C13H16ClN5O/c1-4-15-11-17-12(19-13(18-11)20-3)16-10-6-5-8(2)7-9(10)14/h5-7H,4H2,1-3H3,(H2,15,16,17,18,19). The summed E-state index contributed by atoms with van der Waals surface area (Å²) in [6.45, 7) is 4.64. The van der Waals surface area contributed by atoms with Crippen molar-refractivity contribution in [3.8, 4) is 6.01 Å². The summed E-state index contributed by atoms with van der Waals surface area (Å²) in [5.41, 5.74) is 1.81. The van der Waals surface area contributed by atoms with Gasteiger partial charge in [-0.3, -0.25) is 0 Å². The number of methoxy groups -OCH3 is 1. The van der Waals surface area contributed by atoms with Crippen LogP contribution in [0.15, 0.2) is 18.2 Å². The summed E-state index contributed by atoms with van der Waals surface area (Å²) in [5, 5.41) is 6.68. The first-order chi connectivity index (χ1) is 9.62. The fraction of sp³-hybridized carbons (Fsp3) is 0.308. The maximum atomic E-state index is 6.17. The molecular formula is C13H16ClN5O. The lowest BCUT2D eigenvalue weighted by Crippen LogP contribution is -2.08. The van der Waals surface area contributed by atoms with Gasteiger partial charge in [0.25, 0.3) is 0 Å². The van der Waals surface area contributed by atoms with Crippen LogP contribution >= 0.6 is 11.6 Å². The van der Waals surface area contributed by atoms with Gasteiger partial charge in [-0.25, -0.2) is 0 Å². The largest absolute Gasteiger partial charge is 0.467 e. The van der Waals surface area contributed by atoms with Gasteiger partial charge in [-0.15, -0.1) is 0 Å². The van der Waals surface area contributed by atoms with Crippen molar-refractivity contribution in [1.29, 1.82) is 0 Å². The maximum absolute atomic E-state index is 6.17. The molecule has 0 unspecified atom stereocenters. The average Bonchev–Trinajstić information content (AvgIpc) is 2.42. The Labute approximate surface area is 122 Å². The molecule has 106 valence electrons. The molecule has 0 bridgehead atoms. The Morgan fingerprint density at radius 1 is 1.20 bits per heavy atom. The zero-order chi connectivity index (χ0) is 14.5. The third kappa shape index (κ3) is 3.48. The lowest BCUT2D eigenvalue weighted by atomic mass is 10.2. The summed E-state index contributed by atoms with van der Waals surface area (Å²) >= 11 is 6.17. The summed E-state index contributed by atoms with van der Waals surface area (Å²) in [7, 11) is 1.51. The molecular weight excluding hydrogens is 278 g/mol. The number of nitrogens with one attached hydrogen (secondary N) is 2. The van der Waals surface area contributed by atoms with Crippen LogP contribution in [0.5, 0.6) is 6.01 Å². The van der Waals surface area contributed by atoms with E-state index in [4.69, 9.17) is 16.3 Å². The predicted molar refractivity (Wildman–Crippen MR) is 80.0 cm³/mol. The molecule has 2 N–H and O–H groups in total. The summed E-state index contributed by atoms with van der Waals surface area (Å²) in [4.78, 5) is 12.5. The van der Waals surface area contributed by atoms with E-state index < -0.39 is 0 Å². The lowest BCUT2D eigenvalue weighted by molar-refractivity contribution is 0.379. The van der Waals surface area contributed by atoms with Gasteiger partial charge in [0.1, 0.15) is 0 Å². The highest BCUT2D eigenvalue weighted by atomic mass is 35.5. The highest BCUT2D eigenvalue weighted by Crippen LogP contribution is 2.25. The van der Waals surface area contributed by atoms with Crippen molar-refractivity contribution in [3.05, 3.63) is 28.8 Å². The number of rotatable bonds is 5. The van der Waals surface area contributed by atoms with Crippen molar-refractivity contribution in [2.75, 3.05) is 24.3 Å². The number of anilines is 3. The number of halogens is 1. The molecule has 2 aromatic rings. The van der Waals surface area contributed by atoms with Crippen LogP contribution in [-0.4, -0.2) is 28.6 Å². The van der Waals surface area contributed by atoms with Crippen molar-refractivity contribution in [2.45, 2.75) is 13.8 Å². The molecule has 0 radical (unpaired) electrons.